The first kappa shape index (κ1) is 11.2. The number of nitrogens with zero attached hydrogens (tertiary/aromatic N) is 2. The molecule has 0 unspecified atom stereocenters. The smallest absolute Gasteiger partial charge is 0.185 e. The number of thiazole rings is 1. The van der Waals surface area contributed by atoms with Crippen molar-refractivity contribution in [1.29, 1.82) is 0 Å². The minimum Gasteiger partial charge on any atom is -0.348 e. The summed E-state index contributed by atoms with van der Waals surface area (Å²) in [6.45, 7) is 0. The van der Waals surface area contributed by atoms with Gasteiger partial charge < -0.3 is 4.90 Å². The fourth-order valence-electron chi connectivity index (χ4n) is 2.14. The third-order valence-corrected chi connectivity index (χ3v) is 4.35. The zero-order chi connectivity index (χ0) is 10.7. The van der Waals surface area contributed by atoms with Gasteiger partial charge in [-0.3, -0.25) is 0 Å². The first-order chi connectivity index (χ1) is 7.31. The Bertz CT molecular complexity index is 307. The summed E-state index contributed by atoms with van der Waals surface area (Å²) in [5.74, 6) is 0.523. The van der Waals surface area contributed by atoms with Gasteiger partial charge in [-0.05, 0) is 12.8 Å². The molecule has 0 atom stereocenters. The number of hydrogen-bond acceptors (Lipinski definition) is 3. The number of rotatable bonds is 3. The largest absolute Gasteiger partial charge is 0.348 e. The summed E-state index contributed by atoms with van der Waals surface area (Å²) in [6.07, 6.45) is 6.75. The van der Waals surface area contributed by atoms with E-state index in [1.165, 1.54) is 32.1 Å². The Balaban J connectivity index is 2.02. The van der Waals surface area contributed by atoms with Crippen LogP contribution < -0.4 is 4.90 Å². The maximum atomic E-state index is 5.76. The first-order valence-corrected chi connectivity index (χ1v) is 6.96. The van der Waals surface area contributed by atoms with E-state index in [1.807, 2.05) is 0 Å². The van der Waals surface area contributed by atoms with Crippen LogP contribution in [0.15, 0.2) is 5.38 Å². The Labute approximate surface area is 100 Å². The lowest BCUT2D eigenvalue weighted by Crippen LogP contribution is -2.33. The molecule has 0 saturated heterocycles. The van der Waals surface area contributed by atoms with E-state index in [-0.39, 0.29) is 0 Å². The van der Waals surface area contributed by atoms with Crippen LogP contribution in [0.3, 0.4) is 0 Å². The predicted molar refractivity (Wildman–Crippen MR) is 66.9 cm³/mol. The number of alkyl halides is 1. The van der Waals surface area contributed by atoms with E-state index in [0.717, 1.165) is 10.8 Å². The van der Waals surface area contributed by atoms with E-state index in [0.29, 0.717) is 11.9 Å². The van der Waals surface area contributed by atoms with Crippen LogP contribution in [0.1, 0.15) is 37.8 Å². The van der Waals surface area contributed by atoms with Gasteiger partial charge in [-0.15, -0.1) is 22.9 Å². The van der Waals surface area contributed by atoms with E-state index >= 15 is 0 Å². The summed E-state index contributed by atoms with van der Waals surface area (Å²) in [6, 6.07) is 0.688. The quantitative estimate of drug-likeness (QED) is 0.755. The standard InChI is InChI=1S/C11H17ClN2S/c1-14(10-5-3-2-4-6-10)11-13-9(7-12)8-15-11/h8,10H,2-7H2,1H3. The second kappa shape index (κ2) is 5.17. The van der Waals surface area contributed by atoms with E-state index < -0.39 is 0 Å². The molecule has 0 spiro atoms. The van der Waals surface area contributed by atoms with Gasteiger partial charge in [-0.2, -0.15) is 0 Å². The highest BCUT2D eigenvalue weighted by atomic mass is 35.5. The van der Waals surface area contributed by atoms with Gasteiger partial charge in [0.25, 0.3) is 0 Å². The van der Waals surface area contributed by atoms with Crippen LogP contribution in [-0.4, -0.2) is 18.1 Å². The topological polar surface area (TPSA) is 16.1 Å². The minimum absolute atomic E-state index is 0.523. The highest BCUT2D eigenvalue weighted by molar-refractivity contribution is 7.13. The molecule has 4 heteroatoms. The summed E-state index contributed by atoms with van der Waals surface area (Å²) in [4.78, 5) is 6.85. The molecule has 0 N–H and O–H groups in total. The summed E-state index contributed by atoms with van der Waals surface area (Å²) < 4.78 is 0. The maximum Gasteiger partial charge on any atom is 0.185 e. The molecule has 15 heavy (non-hydrogen) atoms. The van der Waals surface area contributed by atoms with E-state index in [2.05, 4.69) is 22.3 Å². The second-order valence-electron chi connectivity index (χ2n) is 4.16. The van der Waals surface area contributed by atoms with Crippen LogP contribution in [-0.2, 0) is 5.88 Å². The van der Waals surface area contributed by atoms with Crippen LogP contribution in [0.5, 0.6) is 0 Å². The Kier molecular flexibility index (Phi) is 3.87. The van der Waals surface area contributed by atoms with Gasteiger partial charge >= 0.3 is 0 Å². The number of hydrogen-bond donors (Lipinski definition) is 0. The van der Waals surface area contributed by atoms with Gasteiger partial charge in [0.2, 0.25) is 0 Å². The fraction of sp³-hybridized carbons (Fsp3) is 0.727. The Morgan fingerprint density at radius 1 is 1.47 bits per heavy atom. The highest BCUT2D eigenvalue weighted by Crippen LogP contribution is 2.28. The van der Waals surface area contributed by atoms with Gasteiger partial charge in [0.1, 0.15) is 0 Å². The molecule has 1 aliphatic rings. The molecule has 1 aromatic rings. The van der Waals surface area contributed by atoms with E-state index in [4.69, 9.17) is 11.6 Å². The number of aromatic nitrogens is 1. The zero-order valence-electron chi connectivity index (χ0n) is 9.08. The average molecular weight is 245 g/mol. The molecular weight excluding hydrogens is 228 g/mol. The monoisotopic (exact) mass is 244 g/mol. The lowest BCUT2D eigenvalue weighted by molar-refractivity contribution is 0.427. The summed E-state index contributed by atoms with van der Waals surface area (Å²) >= 11 is 7.46. The lowest BCUT2D eigenvalue weighted by Gasteiger charge is -2.30. The van der Waals surface area contributed by atoms with E-state index in [9.17, 15) is 0 Å². The molecule has 1 aliphatic carbocycles. The van der Waals surface area contributed by atoms with Crippen LogP contribution >= 0.6 is 22.9 Å². The van der Waals surface area contributed by atoms with Crippen molar-refractivity contribution in [1.82, 2.24) is 4.98 Å². The van der Waals surface area contributed by atoms with Crippen molar-refractivity contribution >= 4 is 28.1 Å². The fourth-order valence-corrected chi connectivity index (χ4v) is 3.24. The molecule has 0 aromatic carbocycles. The average Bonchev–Trinajstić information content (AvgIpc) is 2.78. The van der Waals surface area contributed by atoms with Crippen molar-refractivity contribution in [2.45, 2.75) is 44.0 Å². The van der Waals surface area contributed by atoms with Crippen molar-refractivity contribution in [3.8, 4) is 0 Å². The van der Waals surface area contributed by atoms with Crippen LogP contribution in [0.2, 0.25) is 0 Å². The van der Waals surface area contributed by atoms with E-state index in [1.54, 1.807) is 11.3 Å². The minimum atomic E-state index is 0.523. The molecular formula is C11H17ClN2S. The molecule has 0 aliphatic heterocycles. The third kappa shape index (κ3) is 2.64. The van der Waals surface area contributed by atoms with Gasteiger partial charge in [0.15, 0.2) is 5.13 Å². The molecule has 2 rings (SSSR count). The molecule has 1 fully saturated rings. The lowest BCUT2D eigenvalue weighted by atomic mass is 9.95. The molecule has 0 bridgehead atoms. The number of halogens is 1. The van der Waals surface area contributed by atoms with Gasteiger partial charge in [0.05, 0.1) is 11.6 Å². The van der Waals surface area contributed by atoms with Gasteiger partial charge in [-0.1, -0.05) is 19.3 Å². The SMILES string of the molecule is CN(c1nc(CCl)cs1)C1CCCCC1. The van der Waals surface area contributed by atoms with Crippen molar-refractivity contribution in [2.24, 2.45) is 0 Å². The summed E-state index contributed by atoms with van der Waals surface area (Å²) in [7, 11) is 2.16. The predicted octanol–water partition coefficient (Wildman–Crippen LogP) is 3.65. The van der Waals surface area contributed by atoms with Crippen LogP contribution in [0, 0.1) is 0 Å². The Morgan fingerprint density at radius 3 is 2.80 bits per heavy atom. The molecule has 1 saturated carbocycles. The Morgan fingerprint density at radius 2 is 2.20 bits per heavy atom. The molecule has 0 amide bonds. The maximum absolute atomic E-state index is 5.76. The summed E-state index contributed by atoms with van der Waals surface area (Å²) in [5, 5.41) is 3.18. The summed E-state index contributed by atoms with van der Waals surface area (Å²) in [5.41, 5.74) is 0.999. The zero-order valence-corrected chi connectivity index (χ0v) is 10.7. The normalized spacial score (nSPS) is 18.0. The van der Waals surface area contributed by atoms with Crippen molar-refractivity contribution < 1.29 is 0 Å². The molecule has 0 radical (unpaired) electrons. The van der Waals surface area contributed by atoms with Crippen molar-refractivity contribution in [2.75, 3.05) is 11.9 Å². The molecule has 1 heterocycles. The first-order valence-electron chi connectivity index (χ1n) is 5.54. The number of anilines is 1. The van der Waals surface area contributed by atoms with Crippen LogP contribution in [0.25, 0.3) is 0 Å². The molecule has 84 valence electrons. The van der Waals surface area contributed by atoms with Crippen molar-refractivity contribution in [3.63, 3.8) is 0 Å². The Hall–Kier alpha value is -0.280. The highest BCUT2D eigenvalue weighted by Gasteiger charge is 2.20. The van der Waals surface area contributed by atoms with Gasteiger partial charge in [0, 0.05) is 18.5 Å². The third-order valence-electron chi connectivity index (χ3n) is 3.10. The van der Waals surface area contributed by atoms with Crippen LogP contribution in [0.4, 0.5) is 5.13 Å². The molecule has 1 aromatic heterocycles. The van der Waals surface area contributed by atoms with Crippen molar-refractivity contribution in [3.05, 3.63) is 11.1 Å². The van der Waals surface area contributed by atoms with Gasteiger partial charge in [-0.25, -0.2) is 4.98 Å². The molecule has 2 nitrogen and oxygen atoms in total. The second-order valence-corrected chi connectivity index (χ2v) is 5.26.